The fraction of sp³-hybridized carbons (Fsp3) is 0.500. The van der Waals surface area contributed by atoms with Gasteiger partial charge in [-0.05, 0) is 24.5 Å². The molecule has 1 saturated heterocycles. The summed E-state index contributed by atoms with van der Waals surface area (Å²) in [7, 11) is 1.40. The number of methoxy groups -OCH3 is 1. The molecule has 1 aliphatic heterocycles. The molecule has 2 heterocycles. The van der Waals surface area contributed by atoms with Crippen molar-refractivity contribution in [2.24, 2.45) is 5.92 Å². The number of carbonyl (C=O) groups is 1. The second kappa shape index (κ2) is 5.14. The first kappa shape index (κ1) is 11.9. The number of esters is 1. The van der Waals surface area contributed by atoms with Gasteiger partial charge in [-0.2, -0.15) is 0 Å². The molecule has 1 fully saturated rings. The van der Waals surface area contributed by atoms with Crippen molar-refractivity contribution in [2.75, 3.05) is 13.7 Å². The number of aromatic nitrogens is 1. The van der Waals surface area contributed by atoms with Gasteiger partial charge >= 0.3 is 5.97 Å². The minimum absolute atomic E-state index is 0.120. The van der Waals surface area contributed by atoms with Crippen LogP contribution in [0, 0.1) is 5.92 Å². The van der Waals surface area contributed by atoms with Crippen LogP contribution in [-0.2, 0) is 14.3 Å². The van der Waals surface area contributed by atoms with E-state index in [1.165, 1.54) is 13.2 Å². The number of rotatable bonds is 2. The van der Waals surface area contributed by atoms with Crippen LogP contribution < -0.4 is 5.56 Å². The number of nitrogens with one attached hydrogen (secondary N) is 1. The molecule has 1 aromatic rings. The summed E-state index contributed by atoms with van der Waals surface area (Å²) in [6, 6.07) is 3.18. The highest BCUT2D eigenvalue weighted by Gasteiger charge is 2.29. The van der Waals surface area contributed by atoms with Crippen LogP contribution in [0.3, 0.4) is 0 Å². The number of aromatic amines is 1. The molecule has 0 bridgehead atoms. The van der Waals surface area contributed by atoms with Crippen LogP contribution in [-0.4, -0.2) is 24.7 Å². The second-order valence-corrected chi connectivity index (χ2v) is 4.09. The van der Waals surface area contributed by atoms with Gasteiger partial charge < -0.3 is 14.5 Å². The van der Waals surface area contributed by atoms with Crippen molar-refractivity contribution >= 4 is 5.97 Å². The summed E-state index contributed by atoms with van der Waals surface area (Å²) in [5.74, 6) is -0.312. The standard InChI is InChI=1S/C12H15NO4/c1-16-12(15)8-4-5-17-10(6-8)9-2-3-11(14)13-7-9/h2-3,7-8,10H,4-6H2,1H3,(H,13,14)/t8-,10+/m0/s1. The Hall–Kier alpha value is -1.62. The second-order valence-electron chi connectivity index (χ2n) is 4.09. The highest BCUT2D eigenvalue weighted by atomic mass is 16.5. The van der Waals surface area contributed by atoms with Gasteiger partial charge in [0.15, 0.2) is 0 Å². The van der Waals surface area contributed by atoms with Crippen LogP contribution in [0.15, 0.2) is 23.1 Å². The Morgan fingerprint density at radius 2 is 2.35 bits per heavy atom. The SMILES string of the molecule is COC(=O)[C@H]1CCO[C@@H](c2ccc(=O)[nH]c2)C1. The number of H-pyrrole nitrogens is 1. The van der Waals surface area contributed by atoms with Gasteiger partial charge in [0.25, 0.3) is 0 Å². The predicted molar refractivity (Wildman–Crippen MR) is 60.5 cm³/mol. The zero-order valence-corrected chi connectivity index (χ0v) is 9.64. The van der Waals surface area contributed by atoms with Crippen LogP contribution in [0.2, 0.25) is 0 Å². The fourth-order valence-electron chi connectivity index (χ4n) is 2.03. The summed E-state index contributed by atoms with van der Waals surface area (Å²) >= 11 is 0. The molecular weight excluding hydrogens is 222 g/mol. The van der Waals surface area contributed by atoms with Crippen LogP contribution in [0.5, 0.6) is 0 Å². The Bertz CT molecular complexity index is 434. The van der Waals surface area contributed by atoms with E-state index < -0.39 is 0 Å². The first-order valence-electron chi connectivity index (χ1n) is 5.59. The fourth-order valence-corrected chi connectivity index (χ4v) is 2.03. The van der Waals surface area contributed by atoms with Gasteiger partial charge in [0.05, 0.1) is 19.1 Å². The maximum Gasteiger partial charge on any atom is 0.308 e. The monoisotopic (exact) mass is 237 g/mol. The lowest BCUT2D eigenvalue weighted by Gasteiger charge is -2.28. The van der Waals surface area contributed by atoms with E-state index in [1.807, 2.05) is 0 Å². The molecule has 92 valence electrons. The molecule has 0 unspecified atom stereocenters. The van der Waals surface area contributed by atoms with Crippen molar-refractivity contribution in [1.29, 1.82) is 0 Å². The van der Waals surface area contributed by atoms with Gasteiger partial charge in [-0.1, -0.05) is 0 Å². The largest absolute Gasteiger partial charge is 0.469 e. The average molecular weight is 237 g/mol. The number of ether oxygens (including phenoxy) is 2. The lowest BCUT2D eigenvalue weighted by atomic mass is 9.92. The van der Waals surface area contributed by atoms with E-state index in [9.17, 15) is 9.59 Å². The number of hydrogen-bond acceptors (Lipinski definition) is 4. The molecule has 0 saturated carbocycles. The normalized spacial score (nSPS) is 24.3. The minimum atomic E-state index is -0.192. The Morgan fingerprint density at radius 1 is 1.53 bits per heavy atom. The first-order chi connectivity index (χ1) is 8.20. The molecule has 1 N–H and O–H groups in total. The highest BCUT2D eigenvalue weighted by molar-refractivity contribution is 5.72. The molecule has 0 spiro atoms. The Kier molecular flexibility index (Phi) is 3.58. The van der Waals surface area contributed by atoms with Crippen LogP contribution >= 0.6 is 0 Å². The van der Waals surface area contributed by atoms with Gasteiger partial charge in [-0.3, -0.25) is 9.59 Å². The van der Waals surface area contributed by atoms with Crippen molar-refractivity contribution < 1.29 is 14.3 Å². The number of hydrogen-bond donors (Lipinski definition) is 1. The van der Waals surface area contributed by atoms with E-state index in [0.29, 0.717) is 19.4 Å². The smallest absolute Gasteiger partial charge is 0.308 e. The zero-order chi connectivity index (χ0) is 12.3. The van der Waals surface area contributed by atoms with Crippen molar-refractivity contribution in [2.45, 2.75) is 18.9 Å². The third-order valence-corrected chi connectivity index (χ3v) is 3.00. The minimum Gasteiger partial charge on any atom is -0.469 e. The number of carbonyl (C=O) groups excluding carboxylic acids is 1. The molecule has 0 aromatic carbocycles. The van der Waals surface area contributed by atoms with Crippen molar-refractivity contribution in [3.8, 4) is 0 Å². The van der Waals surface area contributed by atoms with Gasteiger partial charge in [-0.15, -0.1) is 0 Å². The predicted octanol–water partition coefficient (Wildman–Crippen LogP) is 1.02. The lowest BCUT2D eigenvalue weighted by molar-refractivity contribution is -0.150. The summed E-state index contributed by atoms with van der Waals surface area (Å²) in [4.78, 5) is 25.0. The molecule has 5 nitrogen and oxygen atoms in total. The quantitative estimate of drug-likeness (QED) is 0.779. The molecule has 0 aliphatic carbocycles. The summed E-state index contributed by atoms with van der Waals surface area (Å²) in [6.45, 7) is 0.531. The van der Waals surface area contributed by atoms with Crippen molar-refractivity contribution in [1.82, 2.24) is 4.98 Å². The van der Waals surface area contributed by atoms with Gasteiger partial charge in [0.2, 0.25) is 5.56 Å². The molecule has 2 atom stereocenters. The van der Waals surface area contributed by atoms with E-state index in [1.54, 1.807) is 12.3 Å². The summed E-state index contributed by atoms with van der Waals surface area (Å²) in [5, 5.41) is 0. The summed E-state index contributed by atoms with van der Waals surface area (Å²) in [5.41, 5.74) is 0.743. The topological polar surface area (TPSA) is 68.4 Å². The average Bonchev–Trinajstić information content (AvgIpc) is 2.39. The van der Waals surface area contributed by atoms with Crippen LogP contribution in [0.4, 0.5) is 0 Å². The Balaban J connectivity index is 2.09. The first-order valence-corrected chi connectivity index (χ1v) is 5.59. The molecule has 1 aliphatic rings. The van der Waals surface area contributed by atoms with Gasteiger partial charge in [0, 0.05) is 18.9 Å². The molecule has 0 radical (unpaired) electrons. The highest BCUT2D eigenvalue weighted by Crippen LogP contribution is 2.31. The maximum absolute atomic E-state index is 11.5. The van der Waals surface area contributed by atoms with E-state index in [-0.39, 0.29) is 23.6 Å². The number of pyridine rings is 1. The summed E-state index contributed by atoms with van der Waals surface area (Å²) < 4.78 is 10.3. The van der Waals surface area contributed by atoms with Crippen molar-refractivity contribution in [3.63, 3.8) is 0 Å². The molecule has 0 amide bonds. The Morgan fingerprint density at radius 3 is 3.00 bits per heavy atom. The van der Waals surface area contributed by atoms with E-state index in [4.69, 9.17) is 9.47 Å². The molecular formula is C12H15NO4. The molecule has 1 aromatic heterocycles. The molecule has 2 rings (SSSR count). The Labute approximate surface area is 98.7 Å². The third kappa shape index (κ3) is 2.74. The summed E-state index contributed by atoms with van der Waals surface area (Å²) in [6.07, 6.45) is 2.77. The van der Waals surface area contributed by atoms with Crippen LogP contribution in [0.1, 0.15) is 24.5 Å². The third-order valence-electron chi connectivity index (χ3n) is 3.00. The van der Waals surface area contributed by atoms with Crippen LogP contribution in [0.25, 0.3) is 0 Å². The van der Waals surface area contributed by atoms with Gasteiger partial charge in [0.1, 0.15) is 0 Å². The van der Waals surface area contributed by atoms with E-state index in [0.717, 1.165) is 5.56 Å². The molecule has 17 heavy (non-hydrogen) atoms. The lowest BCUT2D eigenvalue weighted by Crippen LogP contribution is -2.27. The van der Waals surface area contributed by atoms with Gasteiger partial charge in [-0.25, -0.2) is 0 Å². The van der Waals surface area contributed by atoms with Crippen molar-refractivity contribution in [3.05, 3.63) is 34.2 Å². The van der Waals surface area contributed by atoms with E-state index >= 15 is 0 Å². The maximum atomic E-state index is 11.5. The zero-order valence-electron chi connectivity index (χ0n) is 9.64. The van der Waals surface area contributed by atoms with E-state index in [2.05, 4.69) is 4.98 Å². The molecule has 5 heteroatoms.